The molecule has 0 aromatic heterocycles. The van der Waals surface area contributed by atoms with Crippen LogP contribution in [0.4, 0.5) is 0 Å². The molecule has 1 unspecified atom stereocenters. The lowest BCUT2D eigenvalue weighted by molar-refractivity contribution is -0.464. The van der Waals surface area contributed by atoms with E-state index in [0.717, 1.165) is 19.5 Å². The molecule has 1 aliphatic heterocycles. The number of hydrogen-bond acceptors (Lipinski definition) is 5. The summed E-state index contributed by atoms with van der Waals surface area (Å²) in [6.45, 7) is 8.44. The third-order valence-corrected chi connectivity index (χ3v) is 2.00. The minimum Gasteiger partial charge on any atom is -0.319 e. The van der Waals surface area contributed by atoms with Gasteiger partial charge in [-0.05, 0) is 13.0 Å². The Bertz CT molecular complexity index is 146. The summed E-state index contributed by atoms with van der Waals surface area (Å²) in [6, 6.07) is 0. The molecule has 14 heavy (non-hydrogen) atoms. The molecule has 3 N–H and O–H groups in total. The van der Waals surface area contributed by atoms with Gasteiger partial charge in [0.2, 0.25) is 0 Å². The third kappa shape index (κ3) is 5.51. The second-order valence-electron chi connectivity index (χ2n) is 3.00. The first-order valence-corrected chi connectivity index (χ1v) is 5.08. The maximum atomic E-state index is 8.51. The topological polar surface area (TPSA) is 73.2 Å². The fourth-order valence-electron chi connectivity index (χ4n) is 1.40. The summed E-state index contributed by atoms with van der Waals surface area (Å²) in [5.41, 5.74) is 0. The van der Waals surface area contributed by atoms with Crippen molar-refractivity contribution < 1.29 is 20.1 Å². The third-order valence-electron chi connectivity index (χ3n) is 2.00. The van der Waals surface area contributed by atoms with Crippen molar-refractivity contribution in [2.45, 2.75) is 39.5 Å². The highest BCUT2D eigenvalue weighted by molar-refractivity contribution is 4.74. The van der Waals surface area contributed by atoms with Crippen LogP contribution >= 0.6 is 0 Å². The molecule has 5 nitrogen and oxygen atoms in total. The monoisotopic (exact) mass is 207 g/mol. The molecule has 1 fully saturated rings. The van der Waals surface area contributed by atoms with Crippen LogP contribution in [0.15, 0.2) is 0 Å². The van der Waals surface area contributed by atoms with Crippen molar-refractivity contribution in [1.29, 1.82) is 0 Å². The SMILES string of the molecule is CC.CCN1CCC(OC(O)(O)O)C1. The van der Waals surface area contributed by atoms with E-state index in [2.05, 4.69) is 9.64 Å². The first kappa shape index (κ1) is 13.8. The summed E-state index contributed by atoms with van der Waals surface area (Å²) in [6.07, 6.45) is -2.55. The van der Waals surface area contributed by atoms with Gasteiger partial charge in [-0.15, -0.1) is 0 Å². The Kier molecular flexibility index (Phi) is 6.22. The standard InChI is InChI=1S/C7H15NO4.C2H6/c1-2-8-4-3-6(5-8)12-7(9,10)11;1-2/h6,9-11H,2-5H2,1H3;1-2H3. The molecule has 0 amide bonds. The Morgan fingerprint density at radius 2 is 1.93 bits per heavy atom. The van der Waals surface area contributed by atoms with Gasteiger partial charge in [-0.1, -0.05) is 20.8 Å². The van der Waals surface area contributed by atoms with Gasteiger partial charge in [0.15, 0.2) is 0 Å². The summed E-state index contributed by atoms with van der Waals surface area (Å²) in [5, 5.41) is 25.5. The van der Waals surface area contributed by atoms with Crippen LogP contribution in [0.25, 0.3) is 0 Å². The van der Waals surface area contributed by atoms with Gasteiger partial charge in [0, 0.05) is 13.1 Å². The Morgan fingerprint density at radius 3 is 2.29 bits per heavy atom. The van der Waals surface area contributed by atoms with Crippen molar-refractivity contribution in [3.63, 3.8) is 0 Å². The molecular weight excluding hydrogens is 186 g/mol. The number of nitrogens with zero attached hydrogens (tertiary/aromatic N) is 1. The average Bonchev–Trinajstić information content (AvgIpc) is 2.53. The van der Waals surface area contributed by atoms with Gasteiger partial charge in [0.1, 0.15) is 0 Å². The highest BCUT2D eigenvalue weighted by atomic mass is 16.9. The highest BCUT2D eigenvalue weighted by Crippen LogP contribution is 2.15. The minimum atomic E-state index is -2.98. The van der Waals surface area contributed by atoms with Gasteiger partial charge in [-0.2, -0.15) is 0 Å². The zero-order valence-electron chi connectivity index (χ0n) is 9.10. The normalized spacial score (nSPS) is 23.1. The van der Waals surface area contributed by atoms with E-state index in [1.54, 1.807) is 0 Å². The lowest BCUT2D eigenvalue weighted by Gasteiger charge is -2.19. The van der Waals surface area contributed by atoms with Crippen molar-refractivity contribution >= 4 is 0 Å². The van der Waals surface area contributed by atoms with Gasteiger partial charge in [0.25, 0.3) is 0 Å². The van der Waals surface area contributed by atoms with Crippen molar-refractivity contribution in [2.24, 2.45) is 0 Å². The molecule has 0 aromatic carbocycles. The number of likely N-dealkylation sites (N-methyl/N-ethyl adjacent to an activating group) is 1. The molecule has 5 heteroatoms. The Hall–Kier alpha value is -0.200. The number of hydrogen-bond donors (Lipinski definition) is 3. The molecular formula is C9H21NO4. The quantitative estimate of drug-likeness (QED) is 0.555. The van der Waals surface area contributed by atoms with Crippen LogP contribution in [0.5, 0.6) is 0 Å². The van der Waals surface area contributed by atoms with Crippen LogP contribution < -0.4 is 0 Å². The van der Waals surface area contributed by atoms with Gasteiger partial charge >= 0.3 is 6.16 Å². The Morgan fingerprint density at radius 1 is 1.36 bits per heavy atom. The van der Waals surface area contributed by atoms with E-state index in [4.69, 9.17) is 15.3 Å². The van der Waals surface area contributed by atoms with Crippen LogP contribution in [-0.4, -0.2) is 52.1 Å². The van der Waals surface area contributed by atoms with Crippen LogP contribution in [0.3, 0.4) is 0 Å². The number of ether oxygens (including phenoxy) is 1. The predicted octanol–water partition coefficient (Wildman–Crippen LogP) is -0.288. The minimum absolute atomic E-state index is 0.287. The molecule has 1 saturated heterocycles. The van der Waals surface area contributed by atoms with E-state index in [1.165, 1.54) is 0 Å². The van der Waals surface area contributed by atoms with E-state index < -0.39 is 6.16 Å². The molecule has 0 bridgehead atoms. The molecule has 0 radical (unpaired) electrons. The summed E-state index contributed by atoms with van der Waals surface area (Å²) in [5.74, 6) is 0. The van der Waals surface area contributed by atoms with Gasteiger partial charge in [-0.3, -0.25) is 4.74 Å². The summed E-state index contributed by atoms with van der Waals surface area (Å²) in [7, 11) is 0. The second kappa shape index (κ2) is 6.31. The van der Waals surface area contributed by atoms with Crippen molar-refractivity contribution in [3.8, 4) is 0 Å². The summed E-state index contributed by atoms with van der Waals surface area (Å²) >= 11 is 0. The number of aliphatic hydroxyl groups is 3. The predicted molar refractivity (Wildman–Crippen MR) is 52.3 cm³/mol. The molecule has 0 aliphatic carbocycles. The summed E-state index contributed by atoms with van der Waals surface area (Å²) in [4.78, 5) is 2.11. The zero-order valence-corrected chi connectivity index (χ0v) is 9.10. The molecule has 1 rings (SSSR count). The van der Waals surface area contributed by atoms with Gasteiger partial charge in [-0.25, -0.2) is 0 Å². The van der Waals surface area contributed by atoms with Crippen molar-refractivity contribution in [3.05, 3.63) is 0 Å². The molecule has 1 aliphatic rings. The van der Waals surface area contributed by atoms with Crippen LogP contribution in [0.1, 0.15) is 27.2 Å². The van der Waals surface area contributed by atoms with E-state index >= 15 is 0 Å². The molecule has 1 atom stereocenters. The fourth-order valence-corrected chi connectivity index (χ4v) is 1.40. The van der Waals surface area contributed by atoms with Crippen molar-refractivity contribution in [1.82, 2.24) is 4.90 Å². The largest absolute Gasteiger partial charge is 0.405 e. The second-order valence-corrected chi connectivity index (χ2v) is 3.00. The number of rotatable bonds is 3. The zero-order chi connectivity index (χ0) is 11.2. The highest BCUT2D eigenvalue weighted by Gasteiger charge is 2.30. The average molecular weight is 207 g/mol. The van der Waals surface area contributed by atoms with E-state index in [9.17, 15) is 0 Å². The molecule has 1 heterocycles. The molecule has 0 spiro atoms. The van der Waals surface area contributed by atoms with E-state index in [0.29, 0.717) is 6.54 Å². The molecule has 0 aromatic rings. The Balaban J connectivity index is 0.000000791. The van der Waals surface area contributed by atoms with E-state index in [-0.39, 0.29) is 6.10 Å². The van der Waals surface area contributed by atoms with Gasteiger partial charge < -0.3 is 20.2 Å². The molecule has 86 valence electrons. The van der Waals surface area contributed by atoms with Crippen molar-refractivity contribution in [2.75, 3.05) is 19.6 Å². The van der Waals surface area contributed by atoms with Crippen LogP contribution in [0.2, 0.25) is 0 Å². The lowest BCUT2D eigenvalue weighted by atomic mass is 10.3. The first-order chi connectivity index (χ1) is 6.51. The Labute approximate surface area is 84.9 Å². The maximum Gasteiger partial charge on any atom is 0.405 e. The lowest BCUT2D eigenvalue weighted by Crippen LogP contribution is -2.37. The molecule has 0 saturated carbocycles. The summed E-state index contributed by atoms with van der Waals surface area (Å²) < 4.78 is 4.56. The fraction of sp³-hybridized carbons (Fsp3) is 1.00. The van der Waals surface area contributed by atoms with E-state index in [1.807, 2.05) is 20.8 Å². The number of likely N-dealkylation sites (tertiary alicyclic amines) is 1. The maximum absolute atomic E-state index is 8.51. The van der Waals surface area contributed by atoms with Gasteiger partial charge in [0.05, 0.1) is 6.10 Å². The van der Waals surface area contributed by atoms with Crippen LogP contribution in [0, 0.1) is 0 Å². The van der Waals surface area contributed by atoms with Crippen LogP contribution in [-0.2, 0) is 4.74 Å². The first-order valence-electron chi connectivity index (χ1n) is 5.08. The smallest absolute Gasteiger partial charge is 0.319 e.